The first-order valence-electron chi connectivity index (χ1n) is 10.1. The monoisotopic (exact) mass is 507 g/mol. The Morgan fingerprint density at radius 1 is 1.33 bits per heavy atom. The average Bonchev–Trinajstić information content (AvgIpc) is 2.97. The number of aromatic nitrogens is 1. The van der Waals surface area contributed by atoms with Gasteiger partial charge in [0.1, 0.15) is 0 Å². The molecule has 1 N–H and O–H groups in total. The molecule has 0 aliphatic carbocycles. The fourth-order valence-corrected chi connectivity index (χ4v) is 4.48. The number of nitrogens with zero attached hydrogens (tertiary/aromatic N) is 4. The summed E-state index contributed by atoms with van der Waals surface area (Å²) in [6, 6.07) is 0. The Kier molecular flexibility index (Phi) is 11.8. The van der Waals surface area contributed by atoms with Gasteiger partial charge < -0.3 is 15.1 Å². The molecule has 0 saturated carbocycles. The summed E-state index contributed by atoms with van der Waals surface area (Å²) in [7, 11) is 2.09. The molecule has 2 heterocycles. The van der Waals surface area contributed by atoms with E-state index in [1.54, 1.807) is 11.3 Å². The van der Waals surface area contributed by atoms with Crippen molar-refractivity contribution in [2.45, 2.75) is 53.5 Å². The van der Waals surface area contributed by atoms with E-state index in [4.69, 9.17) is 4.99 Å². The maximum Gasteiger partial charge on any atom is 0.194 e. The van der Waals surface area contributed by atoms with Gasteiger partial charge in [0, 0.05) is 38.6 Å². The topological polar surface area (TPSA) is 43.8 Å². The number of aliphatic imine (C=N–C) groups is 1. The van der Waals surface area contributed by atoms with E-state index < -0.39 is 0 Å². The second-order valence-corrected chi connectivity index (χ2v) is 8.92. The molecule has 1 aromatic heterocycles. The molecule has 0 amide bonds. The zero-order valence-corrected chi connectivity index (χ0v) is 20.8. The lowest BCUT2D eigenvalue weighted by molar-refractivity contribution is 0.139. The van der Waals surface area contributed by atoms with Crippen LogP contribution in [0.1, 0.15) is 50.7 Å². The van der Waals surface area contributed by atoms with Crippen LogP contribution in [0, 0.1) is 18.8 Å². The first-order chi connectivity index (χ1) is 12.5. The third-order valence-electron chi connectivity index (χ3n) is 4.85. The van der Waals surface area contributed by atoms with Crippen LogP contribution in [0.15, 0.2) is 10.4 Å². The number of rotatable bonds is 8. The van der Waals surface area contributed by atoms with Gasteiger partial charge in [-0.2, -0.15) is 0 Å². The van der Waals surface area contributed by atoms with Gasteiger partial charge in [0.2, 0.25) is 0 Å². The molecule has 1 aromatic rings. The van der Waals surface area contributed by atoms with E-state index >= 15 is 0 Å². The number of unbranched alkanes of at least 4 members (excludes halogenated alkanes) is 1. The molecule has 1 aliphatic rings. The lowest BCUT2D eigenvalue weighted by Gasteiger charge is -2.34. The second-order valence-electron chi connectivity index (χ2n) is 7.86. The van der Waals surface area contributed by atoms with Crippen molar-refractivity contribution in [3.8, 4) is 0 Å². The summed E-state index contributed by atoms with van der Waals surface area (Å²) in [6.07, 6.45) is 3.77. The zero-order valence-electron chi connectivity index (χ0n) is 17.7. The lowest BCUT2D eigenvalue weighted by Crippen LogP contribution is -2.39. The number of piperidine rings is 1. The molecule has 0 aromatic carbocycles. The highest BCUT2D eigenvalue weighted by Crippen LogP contribution is 2.21. The number of nitrogens with one attached hydrogen (secondary N) is 1. The lowest BCUT2D eigenvalue weighted by atomic mass is 9.92. The average molecular weight is 508 g/mol. The molecule has 2 unspecified atom stereocenters. The molecule has 1 fully saturated rings. The fraction of sp³-hybridized carbons (Fsp3) is 0.800. The minimum Gasteiger partial charge on any atom is -0.357 e. The molecule has 1 saturated heterocycles. The molecule has 2 rings (SSSR count). The predicted octanol–water partition coefficient (Wildman–Crippen LogP) is 4.22. The van der Waals surface area contributed by atoms with Gasteiger partial charge in [-0.05, 0) is 51.5 Å². The first kappa shape index (κ1) is 24.6. The van der Waals surface area contributed by atoms with Crippen molar-refractivity contribution in [2.75, 3.05) is 39.8 Å². The van der Waals surface area contributed by atoms with Crippen molar-refractivity contribution in [3.63, 3.8) is 0 Å². The van der Waals surface area contributed by atoms with Crippen molar-refractivity contribution in [1.29, 1.82) is 0 Å². The predicted molar refractivity (Wildman–Crippen MR) is 128 cm³/mol. The van der Waals surface area contributed by atoms with Crippen LogP contribution in [-0.2, 0) is 6.54 Å². The standard InChI is InChI=1S/C20H37N5S.HI/c1-6-21-20(24(5)14-19-15-26-18(4)23-19)22-9-7-8-10-25-12-16(2)11-17(3)13-25;/h15-17H,6-14H2,1-5H3,(H,21,22);1H. The quantitative estimate of drug-likeness (QED) is 0.248. The van der Waals surface area contributed by atoms with E-state index in [-0.39, 0.29) is 24.0 Å². The van der Waals surface area contributed by atoms with E-state index in [1.165, 1.54) is 32.5 Å². The van der Waals surface area contributed by atoms with Gasteiger partial charge >= 0.3 is 0 Å². The maximum atomic E-state index is 4.82. The summed E-state index contributed by atoms with van der Waals surface area (Å²) in [4.78, 5) is 14.2. The normalized spacial score (nSPS) is 21.0. The SMILES string of the molecule is CCNC(=NCCCCN1CC(C)CC(C)C1)N(C)Cc1csc(C)n1.I. The van der Waals surface area contributed by atoms with E-state index in [1.807, 2.05) is 0 Å². The number of likely N-dealkylation sites (tertiary alicyclic amines) is 1. The number of thiazole rings is 1. The Morgan fingerprint density at radius 3 is 2.63 bits per heavy atom. The van der Waals surface area contributed by atoms with Gasteiger partial charge in [-0.25, -0.2) is 4.98 Å². The van der Waals surface area contributed by atoms with Crippen LogP contribution in [-0.4, -0.2) is 60.5 Å². The Labute approximate surface area is 187 Å². The van der Waals surface area contributed by atoms with E-state index in [0.717, 1.165) is 54.6 Å². The summed E-state index contributed by atoms with van der Waals surface area (Å²) >= 11 is 1.71. The summed E-state index contributed by atoms with van der Waals surface area (Å²) in [6.45, 7) is 15.3. The molecule has 0 spiro atoms. The molecule has 5 nitrogen and oxygen atoms in total. The molecule has 1 aliphatic heterocycles. The van der Waals surface area contributed by atoms with Crippen LogP contribution in [0.25, 0.3) is 0 Å². The van der Waals surface area contributed by atoms with Crippen molar-refractivity contribution in [2.24, 2.45) is 16.8 Å². The fourth-order valence-electron chi connectivity index (χ4n) is 3.88. The van der Waals surface area contributed by atoms with Gasteiger partial charge in [0.25, 0.3) is 0 Å². The zero-order chi connectivity index (χ0) is 18.9. The Morgan fingerprint density at radius 2 is 2.04 bits per heavy atom. The van der Waals surface area contributed by atoms with Crippen LogP contribution < -0.4 is 5.32 Å². The summed E-state index contributed by atoms with van der Waals surface area (Å²) in [5.41, 5.74) is 1.12. The molecule has 7 heteroatoms. The summed E-state index contributed by atoms with van der Waals surface area (Å²) in [5, 5.41) is 6.66. The van der Waals surface area contributed by atoms with Crippen molar-refractivity contribution < 1.29 is 0 Å². The minimum atomic E-state index is 0. The van der Waals surface area contributed by atoms with E-state index in [9.17, 15) is 0 Å². The van der Waals surface area contributed by atoms with Gasteiger partial charge in [0.15, 0.2) is 5.96 Å². The van der Waals surface area contributed by atoms with Crippen molar-refractivity contribution in [1.82, 2.24) is 20.1 Å². The molecule has 156 valence electrons. The molecule has 27 heavy (non-hydrogen) atoms. The highest BCUT2D eigenvalue weighted by Gasteiger charge is 2.20. The second kappa shape index (κ2) is 12.9. The largest absolute Gasteiger partial charge is 0.357 e. The van der Waals surface area contributed by atoms with Crippen molar-refractivity contribution in [3.05, 3.63) is 16.1 Å². The first-order valence-corrected chi connectivity index (χ1v) is 11.0. The van der Waals surface area contributed by atoms with Crippen LogP contribution in [0.5, 0.6) is 0 Å². The molecule has 0 radical (unpaired) electrons. The van der Waals surface area contributed by atoms with Gasteiger partial charge in [-0.1, -0.05) is 13.8 Å². The van der Waals surface area contributed by atoms with Crippen LogP contribution in [0.3, 0.4) is 0 Å². The minimum absolute atomic E-state index is 0. The smallest absolute Gasteiger partial charge is 0.194 e. The Balaban J connectivity index is 0.00000364. The number of halogens is 1. The van der Waals surface area contributed by atoms with Crippen LogP contribution >= 0.6 is 35.3 Å². The third-order valence-corrected chi connectivity index (χ3v) is 5.67. The van der Waals surface area contributed by atoms with Gasteiger partial charge in [-0.15, -0.1) is 35.3 Å². The van der Waals surface area contributed by atoms with E-state index in [2.05, 4.69) is 60.2 Å². The third kappa shape index (κ3) is 9.09. The highest BCUT2D eigenvalue weighted by molar-refractivity contribution is 14.0. The molecular formula is C20H38IN5S. The van der Waals surface area contributed by atoms with Gasteiger partial charge in [-0.3, -0.25) is 4.99 Å². The maximum absolute atomic E-state index is 4.82. The molecule has 0 bridgehead atoms. The van der Waals surface area contributed by atoms with E-state index in [0.29, 0.717) is 0 Å². The number of guanidine groups is 1. The van der Waals surface area contributed by atoms with Gasteiger partial charge in [0.05, 0.1) is 17.2 Å². The van der Waals surface area contributed by atoms with Crippen molar-refractivity contribution >= 4 is 41.3 Å². The number of hydrogen-bond donors (Lipinski definition) is 1. The van der Waals surface area contributed by atoms with Crippen LogP contribution in [0.2, 0.25) is 0 Å². The Hall–Kier alpha value is -0.410. The number of aryl methyl sites for hydroxylation is 1. The number of hydrogen-bond acceptors (Lipinski definition) is 4. The summed E-state index contributed by atoms with van der Waals surface area (Å²) < 4.78 is 0. The summed E-state index contributed by atoms with van der Waals surface area (Å²) in [5.74, 6) is 2.68. The highest BCUT2D eigenvalue weighted by atomic mass is 127. The Bertz CT molecular complexity index is 552. The van der Waals surface area contributed by atoms with Crippen LogP contribution in [0.4, 0.5) is 0 Å². The molecule has 2 atom stereocenters. The molecular weight excluding hydrogens is 469 g/mol.